The minimum Gasteiger partial charge on any atom is -0.378 e. The third-order valence-corrected chi connectivity index (χ3v) is 3.28. The lowest BCUT2D eigenvalue weighted by molar-refractivity contribution is -0.112. The number of halogens is 1. The third-order valence-electron chi connectivity index (χ3n) is 3.05. The molecule has 0 radical (unpaired) electrons. The molecule has 1 aromatic carbocycles. The Labute approximate surface area is 139 Å². The van der Waals surface area contributed by atoms with E-state index in [2.05, 4.69) is 10.3 Å². The quantitative estimate of drug-likeness (QED) is 0.691. The number of nitrogens with one attached hydrogen (secondary N) is 1. The number of nitrogens with zero attached hydrogens (tertiary/aromatic N) is 3. The summed E-state index contributed by atoms with van der Waals surface area (Å²) >= 11 is 5.74. The predicted octanol–water partition coefficient (Wildman–Crippen LogP) is 3.35. The van der Waals surface area contributed by atoms with Gasteiger partial charge >= 0.3 is 0 Å². The van der Waals surface area contributed by atoms with Gasteiger partial charge in [0.15, 0.2) is 0 Å². The van der Waals surface area contributed by atoms with Gasteiger partial charge in [-0.15, -0.1) is 0 Å². The summed E-state index contributed by atoms with van der Waals surface area (Å²) in [6.07, 6.45) is 2.96. The molecular formula is C17H15ClN4O. The molecule has 0 aliphatic rings. The van der Waals surface area contributed by atoms with Crippen molar-refractivity contribution in [3.05, 3.63) is 58.8 Å². The molecule has 0 bridgehead atoms. The molecule has 23 heavy (non-hydrogen) atoms. The zero-order chi connectivity index (χ0) is 16.8. The van der Waals surface area contributed by atoms with Crippen LogP contribution in [0.1, 0.15) is 5.56 Å². The van der Waals surface area contributed by atoms with Crippen molar-refractivity contribution in [3.8, 4) is 6.07 Å². The van der Waals surface area contributed by atoms with Gasteiger partial charge in [-0.3, -0.25) is 4.79 Å². The van der Waals surface area contributed by atoms with E-state index in [0.29, 0.717) is 10.8 Å². The number of hydrogen-bond donors (Lipinski definition) is 1. The summed E-state index contributed by atoms with van der Waals surface area (Å²) in [5.41, 5.74) is 1.81. The second-order valence-corrected chi connectivity index (χ2v) is 5.41. The van der Waals surface area contributed by atoms with Crippen LogP contribution in [0.25, 0.3) is 6.08 Å². The van der Waals surface area contributed by atoms with E-state index in [1.165, 1.54) is 12.3 Å². The highest BCUT2D eigenvalue weighted by Crippen LogP contribution is 2.15. The van der Waals surface area contributed by atoms with Crippen LogP contribution >= 0.6 is 11.6 Å². The number of carbonyl (C=O) groups is 1. The molecular weight excluding hydrogens is 312 g/mol. The maximum Gasteiger partial charge on any atom is 0.267 e. The van der Waals surface area contributed by atoms with Crippen LogP contribution in [0.15, 0.2) is 48.2 Å². The maximum atomic E-state index is 12.1. The van der Waals surface area contributed by atoms with Crippen molar-refractivity contribution >= 4 is 35.1 Å². The second kappa shape index (κ2) is 7.43. The van der Waals surface area contributed by atoms with E-state index in [1.54, 1.807) is 12.1 Å². The second-order valence-electron chi connectivity index (χ2n) is 4.97. The monoisotopic (exact) mass is 326 g/mol. The Morgan fingerprint density at radius 3 is 2.48 bits per heavy atom. The average Bonchev–Trinajstić information content (AvgIpc) is 2.55. The molecule has 6 heteroatoms. The van der Waals surface area contributed by atoms with Crippen molar-refractivity contribution in [3.63, 3.8) is 0 Å². The maximum absolute atomic E-state index is 12.1. The summed E-state index contributed by atoms with van der Waals surface area (Å²) in [5, 5.41) is 12.2. The Morgan fingerprint density at radius 2 is 1.96 bits per heavy atom. The van der Waals surface area contributed by atoms with Crippen LogP contribution in [-0.2, 0) is 4.79 Å². The Bertz CT molecular complexity index is 759. The summed E-state index contributed by atoms with van der Waals surface area (Å²) in [6.45, 7) is 0. The molecule has 0 saturated heterocycles. The molecule has 1 heterocycles. The highest BCUT2D eigenvalue weighted by Gasteiger charge is 2.10. The minimum absolute atomic E-state index is 0.000599. The van der Waals surface area contributed by atoms with Crippen molar-refractivity contribution in [2.75, 3.05) is 24.3 Å². The van der Waals surface area contributed by atoms with Crippen molar-refractivity contribution < 1.29 is 4.79 Å². The van der Waals surface area contributed by atoms with Crippen molar-refractivity contribution in [2.45, 2.75) is 0 Å². The fraction of sp³-hybridized carbons (Fsp3) is 0.118. The number of benzene rings is 1. The summed E-state index contributed by atoms with van der Waals surface area (Å²) in [6, 6.07) is 12.6. The average molecular weight is 327 g/mol. The smallest absolute Gasteiger partial charge is 0.267 e. The van der Waals surface area contributed by atoms with E-state index in [-0.39, 0.29) is 5.57 Å². The molecule has 0 fully saturated rings. The van der Waals surface area contributed by atoms with Crippen LogP contribution in [0.2, 0.25) is 5.02 Å². The SMILES string of the molecule is CN(C)c1ccc(C=C(C#N)C(=O)Nc2ccc(Cl)cn2)cc1. The first-order valence-corrected chi connectivity index (χ1v) is 7.19. The molecule has 0 saturated carbocycles. The summed E-state index contributed by atoms with van der Waals surface area (Å²) in [5.74, 6) is -0.178. The van der Waals surface area contributed by atoms with Gasteiger partial charge in [0.05, 0.1) is 5.02 Å². The molecule has 0 aliphatic heterocycles. The van der Waals surface area contributed by atoms with E-state index in [9.17, 15) is 10.1 Å². The predicted molar refractivity (Wildman–Crippen MR) is 92.2 cm³/mol. The molecule has 116 valence electrons. The molecule has 5 nitrogen and oxygen atoms in total. The molecule has 0 atom stereocenters. The number of hydrogen-bond acceptors (Lipinski definition) is 4. The third kappa shape index (κ3) is 4.56. The van der Waals surface area contributed by atoms with Crippen molar-refractivity contribution in [1.29, 1.82) is 5.26 Å². The summed E-state index contributed by atoms with van der Waals surface area (Å²) < 4.78 is 0. The summed E-state index contributed by atoms with van der Waals surface area (Å²) in [4.78, 5) is 18.1. The van der Waals surface area contributed by atoms with Crippen LogP contribution in [0, 0.1) is 11.3 Å². The van der Waals surface area contributed by atoms with Crippen molar-refractivity contribution in [1.82, 2.24) is 4.98 Å². The first-order valence-electron chi connectivity index (χ1n) is 6.81. The van der Waals surface area contributed by atoms with Crippen molar-refractivity contribution in [2.24, 2.45) is 0 Å². The zero-order valence-electron chi connectivity index (χ0n) is 12.7. The van der Waals surface area contributed by atoms with E-state index < -0.39 is 5.91 Å². The molecule has 2 aromatic rings. The lowest BCUT2D eigenvalue weighted by atomic mass is 10.1. The van der Waals surface area contributed by atoms with Gasteiger partial charge in [-0.1, -0.05) is 23.7 Å². The number of pyridine rings is 1. The van der Waals surface area contributed by atoms with E-state index in [4.69, 9.17) is 11.6 Å². The summed E-state index contributed by atoms with van der Waals surface area (Å²) in [7, 11) is 3.89. The number of rotatable bonds is 4. The lowest BCUT2D eigenvalue weighted by Gasteiger charge is -2.11. The van der Waals surface area contributed by atoms with E-state index >= 15 is 0 Å². The van der Waals surface area contributed by atoms with Crippen LogP contribution in [0.5, 0.6) is 0 Å². The molecule has 1 aromatic heterocycles. The Morgan fingerprint density at radius 1 is 1.26 bits per heavy atom. The van der Waals surface area contributed by atoms with Gasteiger partial charge in [-0.25, -0.2) is 4.98 Å². The lowest BCUT2D eigenvalue weighted by Crippen LogP contribution is -2.14. The van der Waals surface area contributed by atoms with Crippen LogP contribution < -0.4 is 10.2 Å². The normalized spacial score (nSPS) is 10.8. The van der Waals surface area contributed by atoms with Gasteiger partial charge in [0.1, 0.15) is 17.5 Å². The number of carbonyl (C=O) groups excluding carboxylic acids is 1. The highest BCUT2D eigenvalue weighted by atomic mass is 35.5. The molecule has 1 N–H and O–H groups in total. The van der Waals surface area contributed by atoms with Gasteiger partial charge in [-0.2, -0.15) is 5.26 Å². The van der Waals surface area contributed by atoms with Crippen LogP contribution in [-0.4, -0.2) is 25.0 Å². The van der Waals surface area contributed by atoms with Gasteiger partial charge in [-0.05, 0) is 35.9 Å². The van der Waals surface area contributed by atoms with Gasteiger partial charge in [0.2, 0.25) is 0 Å². The number of aromatic nitrogens is 1. The largest absolute Gasteiger partial charge is 0.378 e. The Kier molecular flexibility index (Phi) is 5.34. The molecule has 2 rings (SSSR count). The standard InChI is InChI=1S/C17H15ClN4O/c1-22(2)15-6-3-12(4-7-15)9-13(10-19)17(23)21-16-8-5-14(18)11-20-16/h3-9,11H,1-2H3,(H,20,21,23). The highest BCUT2D eigenvalue weighted by molar-refractivity contribution is 6.30. The molecule has 1 amide bonds. The fourth-order valence-corrected chi connectivity index (χ4v) is 1.93. The van der Waals surface area contributed by atoms with Gasteiger partial charge in [0, 0.05) is 26.0 Å². The Balaban J connectivity index is 2.16. The van der Waals surface area contributed by atoms with Gasteiger partial charge < -0.3 is 10.2 Å². The first-order chi connectivity index (χ1) is 11.0. The molecule has 0 unspecified atom stereocenters. The topological polar surface area (TPSA) is 69.0 Å². The molecule has 0 aliphatic carbocycles. The Hall–Kier alpha value is -2.84. The number of nitriles is 1. The minimum atomic E-state index is -0.515. The first kappa shape index (κ1) is 16.5. The number of anilines is 2. The van der Waals surface area contributed by atoms with E-state index in [0.717, 1.165) is 11.3 Å². The molecule has 0 spiro atoms. The number of amides is 1. The van der Waals surface area contributed by atoms with E-state index in [1.807, 2.05) is 49.3 Å². The van der Waals surface area contributed by atoms with Gasteiger partial charge in [0.25, 0.3) is 5.91 Å². The van der Waals surface area contributed by atoms with Crippen LogP contribution in [0.4, 0.5) is 11.5 Å². The van der Waals surface area contributed by atoms with Crippen LogP contribution in [0.3, 0.4) is 0 Å². The fourth-order valence-electron chi connectivity index (χ4n) is 1.82. The zero-order valence-corrected chi connectivity index (χ0v) is 13.5.